The number of para-hydroxylation sites is 1. The topological polar surface area (TPSA) is 43.1 Å². The van der Waals surface area contributed by atoms with E-state index in [1.807, 2.05) is 29.6 Å². The molecule has 0 aliphatic heterocycles. The quantitative estimate of drug-likeness (QED) is 0.663. The Morgan fingerprint density at radius 2 is 2.05 bits per heavy atom. The number of carbonyl (C=O) groups is 1. The molecule has 0 unspecified atom stereocenters. The van der Waals surface area contributed by atoms with Crippen LogP contribution in [0.25, 0.3) is 11.0 Å². The summed E-state index contributed by atoms with van der Waals surface area (Å²) in [6.07, 6.45) is 0.292. The Balaban J connectivity index is 1.81. The Morgan fingerprint density at radius 3 is 2.71 bits per heavy atom. The molecule has 0 amide bonds. The highest BCUT2D eigenvalue weighted by atomic mass is 32.1. The maximum Gasteiger partial charge on any atom is 0.204 e. The fraction of sp³-hybridized carbons (Fsp3) is 0.294. The molecule has 0 aliphatic carbocycles. The van der Waals surface area contributed by atoms with Gasteiger partial charge in [0.05, 0.1) is 12.1 Å². The summed E-state index contributed by atoms with van der Waals surface area (Å²) >= 11 is 1.53. The molecule has 0 N–H and O–H groups in total. The molecule has 3 rings (SSSR count). The van der Waals surface area contributed by atoms with Crippen LogP contribution in [0.2, 0.25) is 0 Å². The molecular formula is C17H17NO2S. The second-order valence-corrected chi connectivity index (χ2v) is 7.07. The minimum atomic E-state index is -0.0268. The van der Waals surface area contributed by atoms with E-state index in [1.165, 1.54) is 11.3 Å². The number of thiazole rings is 1. The van der Waals surface area contributed by atoms with Gasteiger partial charge in [0.15, 0.2) is 5.76 Å². The maximum absolute atomic E-state index is 12.3. The van der Waals surface area contributed by atoms with Crippen LogP contribution in [0.1, 0.15) is 42.0 Å². The molecule has 108 valence electrons. The molecule has 2 aromatic heterocycles. The number of Topliss-reactive ketones (excluding diaryl/α,β-unsaturated/α-hetero) is 1. The minimum absolute atomic E-state index is 0.0111. The summed E-state index contributed by atoms with van der Waals surface area (Å²) in [5.74, 6) is 0.379. The summed E-state index contributed by atoms with van der Waals surface area (Å²) in [6.45, 7) is 6.35. The zero-order chi connectivity index (χ0) is 15.0. The first kappa shape index (κ1) is 14.0. The van der Waals surface area contributed by atoms with E-state index in [9.17, 15) is 4.79 Å². The summed E-state index contributed by atoms with van der Waals surface area (Å²) in [4.78, 5) is 16.9. The Kier molecular flexibility index (Phi) is 3.41. The van der Waals surface area contributed by atoms with Crippen LogP contribution in [0.4, 0.5) is 0 Å². The van der Waals surface area contributed by atoms with E-state index >= 15 is 0 Å². The van der Waals surface area contributed by atoms with Crippen molar-refractivity contribution < 1.29 is 9.21 Å². The van der Waals surface area contributed by atoms with Crippen molar-refractivity contribution in [1.82, 2.24) is 4.98 Å². The van der Waals surface area contributed by atoms with Crippen molar-refractivity contribution in [3.63, 3.8) is 0 Å². The largest absolute Gasteiger partial charge is 0.453 e. The Labute approximate surface area is 127 Å². The van der Waals surface area contributed by atoms with Crippen molar-refractivity contribution in [3.8, 4) is 0 Å². The minimum Gasteiger partial charge on any atom is -0.453 e. The van der Waals surface area contributed by atoms with Gasteiger partial charge in [-0.3, -0.25) is 4.79 Å². The zero-order valence-electron chi connectivity index (χ0n) is 12.3. The summed E-state index contributed by atoms with van der Waals surface area (Å²) in [5, 5.41) is 3.82. The summed E-state index contributed by atoms with van der Waals surface area (Å²) < 4.78 is 5.60. The standard InChI is InChI=1S/C17H17NO2S/c1-17(2,3)15-10-21-16(18-15)9-12(19)14-8-11-6-4-5-7-13(11)20-14/h4-8,10H,9H2,1-3H3. The second-order valence-electron chi connectivity index (χ2n) is 6.12. The van der Waals surface area contributed by atoms with Crippen molar-refractivity contribution in [2.24, 2.45) is 0 Å². The zero-order valence-corrected chi connectivity index (χ0v) is 13.2. The smallest absolute Gasteiger partial charge is 0.204 e. The Bertz CT molecular complexity index is 759. The third-order valence-electron chi connectivity index (χ3n) is 3.33. The number of aromatic nitrogens is 1. The first-order valence-corrected chi connectivity index (χ1v) is 7.78. The van der Waals surface area contributed by atoms with Gasteiger partial charge in [0.1, 0.15) is 10.6 Å². The van der Waals surface area contributed by atoms with E-state index in [-0.39, 0.29) is 11.2 Å². The lowest BCUT2D eigenvalue weighted by molar-refractivity contribution is 0.0968. The second kappa shape index (κ2) is 5.11. The van der Waals surface area contributed by atoms with Crippen molar-refractivity contribution in [3.05, 3.63) is 52.2 Å². The van der Waals surface area contributed by atoms with E-state index in [0.29, 0.717) is 12.2 Å². The molecule has 0 saturated heterocycles. The number of ketones is 1. The molecule has 0 radical (unpaired) electrons. The molecule has 0 spiro atoms. The third-order valence-corrected chi connectivity index (χ3v) is 4.18. The number of furan rings is 1. The first-order valence-electron chi connectivity index (χ1n) is 6.90. The average molecular weight is 299 g/mol. The number of hydrogen-bond acceptors (Lipinski definition) is 4. The lowest BCUT2D eigenvalue weighted by Crippen LogP contribution is -2.12. The van der Waals surface area contributed by atoms with Gasteiger partial charge in [-0.05, 0) is 12.1 Å². The third kappa shape index (κ3) is 2.90. The first-order chi connectivity index (χ1) is 9.93. The average Bonchev–Trinajstić information content (AvgIpc) is 3.03. The van der Waals surface area contributed by atoms with E-state index in [1.54, 1.807) is 6.07 Å². The molecule has 0 bridgehead atoms. The van der Waals surface area contributed by atoms with Gasteiger partial charge in [0, 0.05) is 16.2 Å². The highest BCUT2D eigenvalue weighted by Crippen LogP contribution is 2.25. The van der Waals surface area contributed by atoms with Gasteiger partial charge in [-0.1, -0.05) is 39.0 Å². The highest BCUT2D eigenvalue weighted by Gasteiger charge is 2.19. The summed E-state index contributed by atoms with van der Waals surface area (Å²) in [7, 11) is 0. The molecule has 3 nitrogen and oxygen atoms in total. The van der Waals surface area contributed by atoms with Crippen LogP contribution in [0.5, 0.6) is 0 Å². The van der Waals surface area contributed by atoms with Crippen molar-refractivity contribution in [2.45, 2.75) is 32.6 Å². The van der Waals surface area contributed by atoms with Crippen LogP contribution < -0.4 is 0 Å². The summed E-state index contributed by atoms with van der Waals surface area (Å²) in [5.41, 5.74) is 1.78. The highest BCUT2D eigenvalue weighted by molar-refractivity contribution is 7.09. The molecule has 0 saturated carbocycles. The number of benzene rings is 1. The van der Waals surface area contributed by atoms with E-state index in [4.69, 9.17) is 4.42 Å². The van der Waals surface area contributed by atoms with Gasteiger partial charge in [-0.2, -0.15) is 0 Å². The van der Waals surface area contributed by atoms with Gasteiger partial charge >= 0.3 is 0 Å². The van der Waals surface area contributed by atoms with Crippen LogP contribution in [-0.4, -0.2) is 10.8 Å². The number of carbonyl (C=O) groups excluding carboxylic acids is 1. The molecule has 1 aromatic carbocycles. The molecule has 0 aliphatic rings. The van der Waals surface area contributed by atoms with Gasteiger partial charge in [-0.25, -0.2) is 4.98 Å². The van der Waals surface area contributed by atoms with Crippen LogP contribution in [0.3, 0.4) is 0 Å². The van der Waals surface area contributed by atoms with Crippen LogP contribution in [-0.2, 0) is 11.8 Å². The summed E-state index contributed by atoms with van der Waals surface area (Å²) in [6, 6.07) is 9.44. The van der Waals surface area contributed by atoms with Gasteiger partial charge < -0.3 is 4.42 Å². The molecule has 0 atom stereocenters. The fourth-order valence-electron chi connectivity index (χ4n) is 2.08. The van der Waals surface area contributed by atoms with Crippen molar-refractivity contribution >= 4 is 28.1 Å². The lowest BCUT2D eigenvalue weighted by Gasteiger charge is -2.14. The molecule has 2 heterocycles. The predicted octanol–water partition coefficient (Wildman–Crippen LogP) is 4.61. The van der Waals surface area contributed by atoms with Crippen LogP contribution >= 0.6 is 11.3 Å². The molecule has 21 heavy (non-hydrogen) atoms. The van der Waals surface area contributed by atoms with E-state index < -0.39 is 0 Å². The molecular weight excluding hydrogens is 282 g/mol. The van der Waals surface area contributed by atoms with E-state index in [2.05, 4.69) is 25.8 Å². The van der Waals surface area contributed by atoms with Crippen molar-refractivity contribution in [1.29, 1.82) is 0 Å². The normalized spacial score (nSPS) is 12.0. The maximum atomic E-state index is 12.3. The van der Waals surface area contributed by atoms with E-state index in [0.717, 1.165) is 21.7 Å². The number of nitrogens with zero attached hydrogens (tertiary/aromatic N) is 1. The lowest BCUT2D eigenvalue weighted by atomic mass is 9.93. The predicted molar refractivity (Wildman–Crippen MR) is 85.1 cm³/mol. The number of hydrogen-bond donors (Lipinski definition) is 0. The SMILES string of the molecule is CC(C)(C)c1csc(CC(=O)c2cc3ccccc3o2)n1. The Morgan fingerprint density at radius 1 is 1.29 bits per heavy atom. The molecule has 3 aromatic rings. The van der Waals surface area contributed by atoms with Gasteiger partial charge in [0.2, 0.25) is 5.78 Å². The monoisotopic (exact) mass is 299 g/mol. The van der Waals surface area contributed by atoms with Crippen molar-refractivity contribution in [2.75, 3.05) is 0 Å². The number of fused-ring (bicyclic) bond motifs is 1. The van der Waals surface area contributed by atoms with Gasteiger partial charge in [-0.15, -0.1) is 11.3 Å². The number of rotatable bonds is 3. The Hall–Kier alpha value is -1.94. The molecule has 0 fully saturated rings. The molecule has 4 heteroatoms. The van der Waals surface area contributed by atoms with Gasteiger partial charge in [0.25, 0.3) is 0 Å². The van der Waals surface area contributed by atoms with Crippen LogP contribution in [0, 0.1) is 0 Å². The fourth-order valence-corrected chi connectivity index (χ4v) is 3.10. The van der Waals surface area contributed by atoms with Crippen LogP contribution in [0.15, 0.2) is 40.1 Å².